The maximum atomic E-state index is 11.8. The zero-order valence-electron chi connectivity index (χ0n) is 10.5. The Labute approximate surface area is 116 Å². The molecule has 5 heteroatoms. The number of hydrogen-bond donors (Lipinski definition) is 2. The minimum atomic E-state index is -0.0339. The fourth-order valence-corrected chi connectivity index (χ4v) is 1.95. The first-order valence-electron chi connectivity index (χ1n) is 5.97. The van der Waals surface area contributed by atoms with Crippen molar-refractivity contribution < 1.29 is 9.90 Å². The Morgan fingerprint density at radius 3 is 2.78 bits per heavy atom. The molecule has 0 saturated heterocycles. The monoisotopic (exact) mass is 314 g/mol. The van der Waals surface area contributed by atoms with Crippen molar-refractivity contribution in [3.8, 4) is 0 Å². The molecule has 100 valence electrons. The molecular formula is C13H19BrN2O2. The number of hydrogen-bond acceptors (Lipinski definition) is 3. The summed E-state index contributed by atoms with van der Waals surface area (Å²) < 4.78 is 0.876. The lowest BCUT2D eigenvalue weighted by Gasteiger charge is -2.16. The number of carbonyl (C=O) groups is 1. The second kappa shape index (κ2) is 8.24. The molecule has 0 aromatic heterocycles. The number of nitrogens with one attached hydrogen (secondary N) is 1. The molecule has 18 heavy (non-hydrogen) atoms. The Hall–Kier alpha value is -0.910. The van der Waals surface area contributed by atoms with E-state index >= 15 is 0 Å². The summed E-state index contributed by atoms with van der Waals surface area (Å²) in [6.07, 6.45) is 1.67. The summed E-state index contributed by atoms with van der Waals surface area (Å²) in [7, 11) is 1.90. The summed E-state index contributed by atoms with van der Waals surface area (Å²) in [5, 5.41) is 11.5. The molecule has 0 aliphatic carbocycles. The minimum absolute atomic E-state index is 0.0339. The van der Waals surface area contributed by atoms with Gasteiger partial charge in [0.15, 0.2) is 0 Å². The standard InChI is InChI=1S/C13H19BrN2O2/c1-16(8-4-5-9-17)10-13(18)15-12-7-3-2-6-11(12)14/h2-3,6-7,17H,4-5,8-10H2,1H3,(H,15,18). The van der Waals surface area contributed by atoms with Crippen LogP contribution in [0.25, 0.3) is 0 Å². The molecule has 2 N–H and O–H groups in total. The number of benzene rings is 1. The molecule has 0 bridgehead atoms. The average Bonchev–Trinajstić information content (AvgIpc) is 2.32. The van der Waals surface area contributed by atoms with E-state index in [1.807, 2.05) is 36.2 Å². The van der Waals surface area contributed by atoms with E-state index in [0.29, 0.717) is 6.54 Å². The second-order valence-electron chi connectivity index (χ2n) is 4.20. The molecule has 1 aromatic carbocycles. The van der Waals surface area contributed by atoms with Gasteiger partial charge in [0, 0.05) is 11.1 Å². The van der Waals surface area contributed by atoms with E-state index in [-0.39, 0.29) is 12.5 Å². The van der Waals surface area contributed by atoms with Crippen molar-refractivity contribution >= 4 is 27.5 Å². The van der Waals surface area contributed by atoms with Gasteiger partial charge in [-0.15, -0.1) is 0 Å². The molecule has 1 amide bonds. The Morgan fingerprint density at radius 2 is 2.11 bits per heavy atom. The number of halogens is 1. The summed E-state index contributed by atoms with van der Waals surface area (Å²) in [6.45, 7) is 1.37. The van der Waals surface area contributed by atoms with Gasteiger partial charge >= 0.3 is 0 Å². The molecular weight excluding hydrogens is 296 g/mol. The zero-order valence-corrected chi connectivity index (χ0v) is 12.1. The number of para-hydroxylation sites is 1. The quantitative estimate of drug-likeness (QED) is 0.758. The maximum absolute atomic E-state index is 11.8. The summed E-state index contributed by atoms with van der Waals surface area (Å²) in [4.78, 5) is 13.7. The Bertz CT molecular complexity index is 385. The molecule has 0 atom stereocenters. The summed E-state index contributed by atoms with van der Waals surface area (Å²) in [5.41, 5.74) is 0.784. The van der Waals surface area contributed by atoms with Crippen LogP contribution in [0.3, 0.4) is 0 Å². The number of anilines is 1. The van der Waals surface area contributed by atoms with E-state index in [0.717, 1.165) is 29.5 Å². The molecule has 0 fully saturated rings. The van der Waals surface area contributed by atoms with Crippen LogP contribution >= 0.6 is 15.9 Å². The van der Waals surface area contributed by atoms with Crippen LogP contribution in [0.1, 0.15) is 12.8 Å². The molecule has 0 saturated carbocycles. The number of carbonyl (C=O) groups excluding carboxylic acids is 1. The van der Waals surface area contributed by atoms with Crippen LogP contribution < -0.4 is 5.32 Å². The number of unbranched alkanes of at least 4 members (excludes halogenated alkanes) is 1. The van der Waals surface area contributed by atoms with Crippen molar-refractivity contribution in [3.05, 3.63) is 28.7 Å². The first-order valence-corrected chi connectivity index (χ1v) is 6.76. The van der Waals surface area contributed by atoms with E-state index in [1.54, 1.807) is 0 Å². The van der Waals surface area contributed by atoms with Crippen LogP contribution in [-0.2, 0) is 4.79 Å². The highest BCUT2D eigenvalue weighted by Gasteiger charge is 2.08. The summed E-state index contributed by atoms with van der Waals surface area (Å²) in [6, 6.07) is 7.53. The van der Waals surface area contributed by atoms with Gasteiger partial charge in [-0.05, 0) is 54.5 Å². The maximum Gasteiger partial charge on any atom is 0.238 e. The van der Waals surface area contributed by atoms with E-state index < -0.39 is 0 Å². The van der Waals surface area contributed by atoms with Gasteiger partial charge in [-0.25, -0.2) is 0 Å². The van der Waals surface area contributed by atoms with Gasteiger partial charge in [-0.1, -0.05) is 12.1 Å². The molecule has 0 aliphatic rings. The highest BCUT2D eigenvalue weighted by Crippen LogP contribution is 2.20. The smallest absolute Gasteiger partial charge is 0.238 e. The average molecular weight is 315 g/mol. The lowest BCUT2D eigenvalue weighted by molar-refractivity contribution is -0.117. The lowest BCUT2D eigenvalue weighted by Crippen LogP contribution is -2.31. The van der Waals surface area contributed by atoms with Gasteiger partial charge in [-0.2, -0.15) is 0 Å². The number of aliphatic hydroxyl groups is 1. The third-order valence-corrected chi connectivity index (χ3v) is 3.20. The van der Waals surface area contributed by atoms with Crippen molar-refractivity contribution in [2.75, 3.05) is 32.1 Å². The van der Waals surface area contributed by atoms with Crippen molar-refractivity contribution in [3.63, 3.8) is 0 Å². The van der Waals surface area contributed by atoms with Crippen LogP contribution in [0, 0.1) is 0 Å². The third-order valence-electron chi connectivity index (χ3n) is 2.51. The first-order chi connectivity index (χ1) is 8.63. The van der Waals surface area contributed by atoms with E-state index in [2.05, 4.69) is 21.2 Å². The number of rotatable bonds is 7. The van der Waals surface area contributed by atoms with Gasteiger partial charge in [-0.3, -0.25) is 9.69 Å². The van der Waals surface area contributed by atoms with Crippen molar-refractivity contribution in [2.45, 2.75) is 12.8 Å². The van der Waals surface area contributed by atoms with Crippen LogP contribution in [-0.4, -0.2) is 42.7 Å². The van der Waals surface area contributed by atoms with Gasteiger partial charge in [0.05, 0.1) is 12.2 Å². The van der Waals surface area contributed by atoms with E-state index in [9.17, 15) is 4.79 Å². The predicted molar refractivity (Wildman–Crippen MR) is 76.6 cm³/mol. The SMILES string of the molecule is CN(CCCCO)CC(=O)Nc1ccccc1Br. The van der Waals surface area contributed by atoms with Crippen LogP contribution in [0.4, 0.5) is 5.69 Å². The third kappa shape index (κ3) is 5.62. The Morgan fingerprint density at radius 1 is 1.39 bits per heavy atom. The first kappa shape index (κ1) is 15.1. The molecule has 4 nitrogen and oxygen atoms in total. The van der Waals surface area contributed by atoms with Crippen molar-refractivity contribution in [2.24, 2.45) is 0 Å². The number of likely N-dealkylation sites (N-methyl/N-ethyl adjacent to an activating group) is 1. The van der Waals surface area contributed by atoms with Gasteiger partial charge in [0.2, 0.25) is 5.91 Å². The van der Waals surface area contributed by atoms with Crippen LogP contribution in [0.2, 0.25) is 0 Å². The fraction of sp³-hybridized carbons (Fsp3) is 0.462. The molecule has 0 radical (unpaired) electrons. The van der Waals surface area contributed by atoms with Crippen LogP contribution in [0.5, 0.6) is 0 Å². The molecule has 0 aliphatic heterocycles. The number of aliphatic hydroxyl groups excluding tert-OH is 1. The molecule has 1 rings (SSSR count). The highest BCUT2D eigenvalue weighted by atomic mass is 79.9. The predicted octanol–water partition coefficient (Wildman–Crippen LogP) is 2.09. The molecule has 0 spiro atoms. The lowest BCUT2D eigenvalue weighted by atomic mass is 10.3. The Balaban J connectivity index is 2.35. The Kier molecular flexibility index (Phi) is 6.93. The largest absolute Gasteiger partial charge is 0.396 e. The van der Waals surface area contributed by atoms with Crippen molar-refractivity contribution in [1.82, 2.24) is 4.90 Å². The molecule has 0 unspecified atom stereocenters. The number of amides is 1. The fourth-order valence-electron chi connectivity index (χ4n) is 1.57. The summed E-state index contributed by atoms with van der Waals surface area (Å²) in [5.74, 6) is -0.0339. The molecule has 1 aromatic rings. The topological polar surface area (TPSA) is 52.6 Å². The van der Waals surface area contributed by atoms with Gasteiger partial charge < -0.3 is 10.4 Å². The van der Waals surface area contributed by atoms with E-state index in [4.69, 9.17) is 5.11 Å². The summed E-state index contributed by atoms with van der Waals surface area (Å²) >= 11 is 3.39. The van der Waals surface area contributed by atoms with Crippen molar-refractivity contribution in [1.29, 1.82) is 0 Å². The van der Waals surface area contributed by atoms with Crippen LogP contribution in [0.15, 0.2) is 28.7 Å². The number of nitrogens with zero attached hydrogens (tertiary/aromatic N) is 1. The second-order valence-corrected chi connectivity index (χ2v) is 5.05. The molecule has 0 heterocycles. The highest BCUT2D eigenvalue weighted by molar-refractivity contribution is 9.10. The zero-order chi connectivity index (χ0) is 13.4. The van der Waals surface area contributed by atoms with E-state index in [1.165, 1.54) is 0 Å². The van der Waals surface area contributed by atoms with Gasteiger partial charge in [0.1, 0.15) is 0 Å². The normalized spacial score (nSPS) is 10.7. The minimum Gasteiger partial charge on any atom is -0.396 e. The van der Waals surface area contributed by atoms with Gasteiger partial charge in [0.25, 0.3) is 0 Å².